The number of nitrogens with one attached hydrogen (secondary N) is 3. The van der Waals surface area contributed by atoms with Gasteiger partial charge in [-0.2, -0.15) is 0 Å². The molecule has 1 atom stereocenters. The summed E-state index contributed by atoms with van der Waals surface area (Å²) in [5.74, 6) is 0.425. The Morgan fingerprint density at radius 2 is 2.00 bits per heavy atom. The number of hydrogen-bond acceptors (Lipinski definition) is 6. The van der Waals surface area contributed by atoms with E-state index < -0.39 is 5.60 Å². The van der Waals surface area contributed by atoms with Crippen molar-refractivity contribution >= 4 is 11.8 Å². The minimum atomic E-state index is -0.476. The molecule has 0 saturated heterocycles. The molecule has 1 aliphatic rings. The van der Waals surface area contributed by atoms with Crippen molar-refractivity contribution in [2.75, 3.05) is 0 Å². The van der Waals surface area contributed by atoms with Crippen molar-refractivity contribution in [2.45, 2.75) is 39.2 Å². The number of nitrogens with zero attached hydrogens (tertiary/aromatic N) is 1. The first-order chi connectivity index (χ1) is 9.94. The van der Waals surface area contributed by atoms with Crippen LogP contribution in [0, 0.1) is 5.92 Å². The van der Waals surface area contributed by atoms with Crippen LogP contribution < -0.4 is 16.5 Å². The maximum atomic E-state index is 12.1. The summed E-state index contributed by atoms with van der Waals surface area (Å²) in [6, 6.07) is 10.0. The predicted molar refractivity (Wildman–Crippen MR) is 80.9 cm³/mol. The molecule has 3 N–H and O–H groups in total. The van der Waals surface area contributed by atoms with Gasteiger partial charge < -0.3 is 4.74 Å². The summed E-state index contributed by atoms with van der Waals surface area (Å²) in [4.78, 5) is 12.1. The molecule has 114 valence electrons. The molecular formula is C15H22N4O2. The Morgan fingerprint density at radius 3 is 2.57 bits per heavy atom. The average Bonchev–Trinajstić information content (AvgIpc) is 2.90. The molecule has 0 unspecified atom stereocenters. The maximum absolute atomic E-state index is 12.1. The van der Waals surface area contributed by atoms with Gasteiger partial charge in [0.25, 0.3) is 0 Å². The number of benzene rings is 1. The van der Waals surface area contributed by atoms with Gasteiger partial charge in [-0.25, -0.2) is 5.53 Å². The predicted octanol–water partition coefficient (Wildman–Crippen LogP) is 1.50. The zero-order chi connectivity index (χ0) is 15.3. The summed E-state index contributed by atoms with van der Waals surface area (Å²) in [5, 5.41) is 4.12. The molecule has 0 aliphatic carbocycles. The van der Waals surface area contributed by atoms with Gasteiger partial charge in [0.1, 0.15) is 11.4 Å². The third-order valence-electron chi connectivity index (χ3n) is 2.97. The van der Waals surface area contributed by atoms with E-state index in [2.05, 4.69) is 21.6 Å². The second-order valence-electron chi connectivity index (χ2n) is 6.04. The van der Waals surface area contributed by atoms with Crippen molar-refractivity contribution in [2.24, 2.45) is 11.0 Å². The van der Waals surface area contributed by atoms with Crippen LogP contribution in [-0.4, -0.2) is 17.4 Å². The highest BCUT2D eigenvalue weighted by Crippen LogP contribution is 2.17. The molecule has 0 fully saturated rings. The second-order valence-corrected chi connectivity index (χ2v) is 6.04. The molecule has 2 rings (SSSR count). The second kappa shape index (κ2) is 6.58. The minimum absolute atomic E-state index is 0.0650. The Labute approximate surface area is 124 Å². The van der Waals surface area contributed by atoms with Crippen LogP contribution >= 0.6 is 0 Å². The van der Waals surface area contributed by atoms with Crippen molar-refractivity contribution in [3.05, 3.63) is 35.9 Å². The van der Waals surface area contributed by atoms with E-state index in [-0.39, 0.29) is 18.3 Å². The maximum Gasteiger partial charge on any atom is 0.307 e. The lowest BCUT2D eigenvalue weighted by Crippen LogP contribution is -2.39. The van der Waals surface area contributed by atoms with Gasteiger partial charge in [0, 0.05) is 5.92 Å². The standard InChI is InChI=1S/C15H22N4O2/c1-15(2,3)21-13(20)10-12(14-16-18-19-17-14)9-11-7-5-4-6-8-11/h4-8,12,18-19H,9-10H2,1-3H3,(H,16,17)/t12-/m0/s1. The number of hydrazine groups is 2. The van der Waals surface area contributed by atoms with Crippen molar-refractivity contribution in [1.82, 2.24) is 16.5 Å². The van der Waals surface area contributed by atoms with Gasteiger partial charge >= 0.3 is 5.97 Å². The number of hydrogen-bond donors (Lipinski definition) is 3. The SMILES string of the molecule is CC(C)(C)OC(=O)C[C@H](Cc1ccccc1)C1=NNNN1. The van der Waals surface area contributed by atoms with Gasteiger partial charge in [-0.3, -0.25) is 10.2 Å². The number of ether oxygens (including phenoxy) is 1. The Hall–Kier alpha value is -2.08. The van der Waals surface area contributed by atoms with Crippen LogP contribution in [0.15, 0.2) is 35.4 Å². The monoisotopic (exact) mass is 290 g/mol. The van der Waals surface area contributed by atoms with E-state index in [4.69, 9.17) is 4.74 Å². The van der Waals surface area contributed by atoms with Crippen LogP contribution in [0.3, 0.4) is 0 Å². The van der Waals surface area contributed by atoms with Crippen LogP contribution in [-0.2, 0) is 16.0 Å². The van der Waals surface area contributed by atoms with Crippen LogP contribution in [0.1, 0.15) is 32.8 Å². The third-order valence-corrected chi connectivity index (χ3v) is 2.97. The fraction of sp³-hybridized carbons (Fsp3) is 0.467. The van der Waals surface area contributed by atoms with E-state index in [1.54, 1.807) is 0 Å². The van der Waals surface area contributed by atoms with E-state index in [1.165, 1.54) is 0 Å². The molecule has 0 amide bonds. The Kier molecular flexibility index (Phi) is 4.80. The zero-order valence-electron chi connectivity index (χ0n) is 12.6. The molecule has 0 bridgehead atoms. The van der Waals surface area contributed by atoms with Gasteiger partial charge in [-0.05, 0) is 32.8 Å². The fourth-order valence-corrected chi connectivity index (χ4v) is 2.15. The molecule has 0 radical (unpaired) electrons. The third kappa shape index (κ3) is 5.07. The first-order valence-electron chi connectivity index (χ1n) is 7.03. The van der Waals surface area contributed by atoms with Crippen LogP contribution in [0.5, 0.6) is 0 Å². The van der Waals surface area contributed by atoms with Crippen molar-refractivity contribution in [3.63, 3.8) is 0 Å². The summed E-state index contributed by atoms with van der Waals surface area (Å²) in [5.41, 5.74) is 8.94. The lowest BCUT2D eigenvalue weighted by atomic mass is 9.95. The summed E-state index contributed by atoms with van der Waals surface area (Å²) in [6.07, 6.45) is 0.997. The molecular weight excluding hydrogens is 268 g/mol. The van der Waals surface area contributed by atoms with Gasteiger partial charge in [0.2, 0.25) is 0 Å². The molecule has 0 saturated carbocycles. The highest BCUT2D eigenvalue weighted by atomic mass is 16.6. The average molecular weight is 290 g/mol. The zero-order valence-corrected chi connectivity index (χ0v) is 12.6. The van der Waals surface area contributed by atoms with E-state index >= 15 is 0 Å². The van der Waals surface area contributed by atoms with Crippen molar-refractivity contribution in [3.8, 4) is 0 Å². The largest absolute Gasteiger partial charge is 0.460 e. The number of hydrazone groups is 1. The van der Waals surface area contributed by atoms with Crippen LogP contribution in [0.25, 0.3) is 0 Å². The van der Waals surface area contributed by atoms with Crippen LogP contribution in [0.4, 0.5) is 0 Å². The lowest BCUT2D eigenvalue weighted by Gasteiger charge is -2.22. The summed E-state index contributed by atoms with van der Waals surface area (Å²) in [6.45, 7) is 5.60. The van der Waals surface area contributed by atoms with Gasteiger partial charge in [0.15, 0.2) is 0 Å². The molecule has 6 nitrogen and oxygen atoms in total. The van der Waals surface area contributed by atoms with E-state index in [1.807, 2.05) is 51.1 Å². The summed E-state index contributed by atoms with van der Waals surface area (Å²) >= 11 is 0. The fourth-order valence-electron chi connectivity index (χ4n) is 2.15. The Bertz CT molecular complexity index is 508. The normalized spacial score (nSPS) is 15.7. The number of carbonyl (C=O) groups is 1. The first kappa shape index (κ1) is 15.3. The molecule has 0 spiro atoms. The molecule has 0 aromatic heterocycles. The molecule has 1 heterocycles. The topological polar surface area (TPSA) is 74.8 Å². The summed E-state index contributed by atoms with van der Waals surface area (Å²) < 4.78 is 5.40. The first-order valence-corrected chi connectivity index (χ1v) is 7.03. The lowest BCUT2D eigenvalue weighted by molar-refractivity contribution is -0.155. The Balaban J connectivity index is 2.04. The van der Waals surface area contributed by atoms with Crippen molar-refractivity contribution < 1.29 is 9.53 Å². The minimum Gasteiger partial charge on any atom is -0.460 e. The van der Waals surface area contributed by atoms with E-state index in [0.29, 0.717) is 5.84 Å². The highest BCUT2D eigenvalue weighted by molar-refractivity contribution is 5.88. The van der Waals surface area contributed by atoms with E-state index in [9.17, 15) is 4.79 Å². The number of carbonyl (C=O) groups excluding carboxylic acids is 1. The van der Waals surface area contributed by atoms with E-state index in [0.717, 1.165) is 12.0 Å². The van der Waals surface area contributed by atoms with Gasteiger partial charge in [0.05, 0.1) is 6.42 Å². The molecule has 1 aliphatic heterocycles. The van der Waals surface area contributed by atoms with Crippen LogP contribution in [0.2, 0.25) is 0 Å². The van der Waals surface area contributed by atoms with Gasteiger partial charge in [-0.15, -0.1) is 10.6 Å². The molecule has 6 heteroatoms. The number of amidine groups is 1. The highest BCUT2D eigenvalue weighted by Gasteiger charge is 2.25. The smallest absolute Gasteiger partial charge is 0.307 e. The van der Waals surface area contributed by atoms with Crippen molar-refractivity contribution in [1.29, 1.82) is 0 Å². The quantitative estimate of drug-likeness (QED) is 0.717. The number of rotatable bonds is 5. The summed E-state index contributed by atoms with van der Waals surface area (Å²) in [7, 11) is 0. The number of esters is 1. The molecule has 1 aromatic carbocycles. The molecule has 1 aromatic rings. The molecule has 21 heavy (non-hydrogen) atoms. The van der Waals surface area contributed by atoms with Gasteiger partial charge in [-0.1, -0.05) is 30.3 Å². The Morgan fingerprint density at radius 1 is 1.29 bits per heavy atom.